The molecule has 0 spiro atoms. The third-order valence-electron chi connectivity index (χ3n) is 6.93. The van der Waals surface area contributed by atoms with Gasteiger partial charge in [-0.05, 0) is 43.5 Å². The van der Waals surface area contributed by atoms with Gasteiger partial charge in [0.05, 0.1) is 29.7 Å². The Kier molecular flexibility index (Phi) is 15.2. The molecule has 2 rings (SSSR count). The molecule has 2 aromatic rings. The van der Waals surface area contributed by atoms with Crippen LogP contribution < -0.4 is 32.6 Å². The first-order valence-electron chi connectivity index (χ1n) is 14.9. The highest BCUT2D eigenvalue weighted by Gasteiger charge is 2.28. The van der Waals surface area contributed by atoms with E-state index in [-0.39, 0.29) is 81.0 Å². The van der Waals surface area contributed by atoms with Crippen LogP contribution in [0.5, 0.6) is 5.75 Å². The molecule has 0 saturated carbocycles. The molecule has 0 radical (unpaired) electrons. The van der Waals surface area contributed by atoms with Crippen LogP contribution in [0, 0.1) is 0 Å². The van der Waals surface area contributed by atoms with Crippen molar-refractivity contribution in [2.75, 3.05) is 51.2 Å². The Bertz CT molecular complexity index is 1320. The molecule has 0 aliphatic rings. The van der Waals surface area contributed by atoms with Crippen molar-refractivity contribution in [3.05, 3.63) is 54.1 Å². The zero-order valence-electron chi connectivity index (χ0n) is 25.8. The first-order valence-corrected chi connectivity index (χ1v) is 16.3. The summed E-state index contributed by atoms with van der Waals surface area (Å²) in [6.07, 6.45) is 0.359. The summed E-state index contributed by atoms with van der Waals surface area (Å²) in [5, 5.41) is 5.44. The van der Waals surface area contributed by atoms with Crippen molar-refractivity contribution in [1.29, 1.82) is 0 Å². The Morgan fingerprint density at radius 2 is 1.57 bits per heavy atom. The van der Waals surface area contributed by atoms with Gasteiger partial charge in [0.15, 0.2) is 0 Å². The van der Waals surface area contributed by atoms with Crippen molar-refractivity contribution >= 4 is 33.4 Å². The van der Waals surface area contributed by atoms with Crippen LogP contribution in [0.1, 0.15) is 39.2 Å². The van der Waals surface area contributed by atoms with Crippen LogP contribution in [0.3, 0.4) is 0 Å². The molecule has 44 heavy (non-hydrogen) atoms. The number of carbonyl (C=O) groups is 3. The average molecular weight is 634 g/mol. The predicted molar refractivity (Wildman–Crippen MR) is 170 cm³/mol. The number of carbonyl (C=O) groups excluding carboxylic acids is 3. The predicted octanol–water partition coefficient (Wildman–Crippen LogP) is 0.635. The maximum Gasteiger partial charge on any atom is 0.247 e. The number of amides is 3. The number of nitrogens with one attached hydrogen (secondary N) is 2. The molecule has 0 aromatic heterocycles. The molecular formula is C30H47N7O6S. The van der Waals surface area contributed by atoms with Crippen molar-refractivity contribution < 1.29 is 27.5 Å². The standard InChI is InChI=1S/C30H47N7O6S/c1-4-37(5-2)44(41,42)23-13-15-27(43-6-3)26(20-23)35-30(40)25(14-12-22-10-8-7-9-11-22)34-29(39)24(33)21-28(38)36(18-16-31)19-17-32/h7-11,13,15,20,24-25H,4-6,12,14,16-19,21,31-33H2,1-3H3,(H,34,39)(H,35,40)/t24-,25-/m0/s1. The number of ether oxygens (including phenoxy) is 1. The lowest BCUT2D eigenvalue weighted by molar-refractivity contribution is -0.134. The SMILES string of the molecule is CCOc1ccc(S(=O)(=O)N(CC)CC)cc1NC(=O)[C@H](CCc1ccccc1)NC(=O)[C@@H](N)CC(=O)N(CCN)CCN. The number of hydrogen-bond donors (Lipinski definition) is 5. The van der Waals surface area contributed by atoms with Gasteiger partial charge in [0.25, 0.3) is 0 Å². The summed E-state index contributed by atoms with van der Waals surface area (Å²) in [4.78, 5) is 41.0. The fourth-order valence-corrected chi connectivity index (χ4v) is 6.05. The Balaban J connectivity index is 2.33. The summed E-state index contributed by atoms with van der Waals surface area (Å²) >= 11 is 0. The van der Waals surface area contributed by atoms with Crippen LogP contribution in [-0.4, -0.2) is 93.3 Å². The molecule has 0 saturated heterocycles. The number of benzene rings is 2. The molecule has 0 aliphatic heterocycles. The first-order chi connectivity index (χ1) is 21.0. The zero-order valence-corrected chi connectivity index (χ0v) is 26.6. The maximum absolute atomic E-state index is 13.7. The van der Waals surface area contributed by atoms with E-state index in [9.17, 15) is 22.8 Å². The van der Waals surface area contributed by atoms with E-state index in [1.165, 1.54) is 27.4 Å². The molecule has 0 heterocycles. The normalized spacial score (nSPS) is 12.8. The summed E-state index contributed by atoms with van der Waals surface area (Å²) < 4.78 is 33.4. The highest BCUT2D eigenvalue weighted by atomic mass is 32.2. The van der Waals surface area contributed by atoms with Gasteiger partial charge in [-0.3, -0.25) is 14.4 Å². The summed E-state index contributed by atoms with van der Waals surface area (Å²) in [6.45, 7) is 7.09. The van der Waals surface area contributed by atoms with Crippen LogP contribution in [0.4, 0.5) is 5.69 Å². The van der Waals surface area contributed by atoms with E-state index in [0.29, 0.717) is 6.42 Å². The minimum absolute atomic E-state index is 0.00938. The first kappa shape index (κ1) is 36.6. The molecule has 8 N–H and O–H groups in total. The van der Waals surface area contributed by atoms with Gasteiger partial charge in [0.1, 0.15) is 11.8 Å². The van der Waals surface area contributed by atoms with E-state index in [0.717, 1.165) is 5.56 Å². The number of hydrogen-bond acceptors (Lipinski definition) is 9. The van der Waals surface area contributed by atoms with Gasteiger partial charge in [-0.15, -0.1) is 0 Å². The molecular weight excluding hydrogens is 586 g/mol. The van der Waals surface area contributed by atoms with Gasteiger partial charge in [-0.25, -0.2) is 8.42 Å². The molecule has 13 nitrogen and oxygen atoms in total. The van der Waals surface area contributed by atoms with Gasteiger partial charge in [0, 0.05) is 39.3 Å². The van der Waals surface area contributed by atoms with Crippen molar-refractivity contribution in [2.45, 2.75) is 57.0 Å². The lowest BCUT2D eigenvalue weighted by atomic mass is 10.0. The van der Waals surface area contributed by atoms with Crippen LogP contribution in [0.2, 0.25) is 0 Å². The molecule has 14 heteroatoms. The molecule has 0 fully saturated rings. The third-order valence-corrected chi connectivity index (χ3v) is 8.98. The van der Waals surface area contributed by atoms with Crippen LogP contribution >= 0.6 is 0 Å². The Labute approximate surface area is 260 Å². The third kappa shape index (κ3) is 10.6. The molecule has 0 unspecified atom stereocenters. The second-order valence-corrected chi connectivity index (χ2v) is 12.0. The van der Waals surface area contributed by atoms with Gasteiger partial charge in [-0.2, -0.15) is 4.31 Å². The maximum atomic E-state index is 13.7. The second kappa shape index (κ2) is 18.3. The summed E-state index contributed by atoms with van der Waals surface area (Å²) in [6, 6.07) is 11.4. The lowest BCUT2D eigenvalue weighted by Gasteiger charge is -2.24. The minimum atomic E-state index is -3.83. The van der Waals surface area contributed by atoms with Crippen molar-refractivity contribution in [1.82, 2.24) is 14.5 Å². The van der Waals surface area contributed by atoms with Crippen molar-refractivity contribution in [3.63, 3.8) is 0 Å². The van der Waals surface area contributed by atoms with Gasteiger partial charge < -0.3 is 37.5 Å². The number of nitrogens with zero attached hydrogens (tertiary/aromatic N) is 2. The van der Waals surface area contributed by atoms with Crippen molar-refractivity contribution in [3.8, 4) is 5.75 Å². The smallest absolute Gasteiger partial charge is 0.247 e. The lowest BCUT2D eigenvalue weighted by Crippen LogP contribution is -2.52. The average Bonchev–Trinajstić information content (AvgIpc) is 3.00. The van der Waals surface area contributed by atoms with Crippen LogP contribution in [-0.2, 0) is 30.8 Å². The number of aryl methyl sites for hydroxylation is 1. The summed E-state index contributed by atoms with van der Waals surface area (Å²) in [5.74, 6) is -1.38. The van der Waals surface area contributed by atoms with Gasteiger partial charge in [-0.1, -0.05) is 44.2 Å². The fourth-order valence-electron chi connectivity index (χ4n) is 4.57. The van der Waals surface area contributed by atoms with E-state index < -0.39 is 33.9 Å². The molecule has 2 atom stereocenters. The largest absolute Gasteiger partial charge is 0.492 e. The Hall–Kier alpha value is -3.56. The fraction of sp³-hybridized carbons (Fsp3) is 0.500. The molecule has 2 aromatic carbocycles. The van der Waals surface area contributed by atoms with Gasteiger partial charge >= 0.3 is 0 Å². The zero-order chi connectivity index (χ0) is 32.7. The van der Waals surface area contributed by atoms with E-state index in [1.807, 2.05) is 30.3 Å². The molecule has 0 bridgehead atoms. The topological polar surface area (TPSA) is 203 Å². The Morgan fingerprint density at radius 1 is 0.932 bits per heavy atom. The second-order valence-electron chi connectivity index (χ2n) is 10.0. The number of sulfonamides is 1. The highest BCUT2D eigenvalue weighted by molar-refractivity contribution is 7.89. The summed E-state index contributed by atoms with van der Waals surface area (Å²) in [7, 11) is -3.83. The van der Waals surface area contributed by atoms with Crippen molar-refractivity contribution in [2.24, 2.45) is 17.2 Å². The number of anilines is 1. The molecule has 3 amide bonds. The number of rotatable bonds is 19. The van der Waals surface area contributed by atoms with E-state index in [1.54, 1.807) is 20.8 Å². The van der Waals surface area contributed by atoms with E-state index >= 15 is 0 Å². The van der Waals surface area contributed by atoms with Crippen LogP contribution in [0.25, 0.3) is 0 Å². The monoisotopic (exact) mass is 633 g/mol. The van der Waals surface area contributed by atoms with Gasteiger partial charge in [0.2, 0.25) is 27.7 Å². The summed E-state index contributed by atoms with van der Waals surface area (Å²) in [5.41, 5.74) is 18.4. The molecule has 244 valence electrons. The van der Waals surface area contributed by atoms with E-state index in [4.69, 9.17) is 21.9 Å². The highest BCUT2D eigenvalue weighted by Crippen LogP contribution is 2.29. The minimum Gasteiger partial charge on any atom is -0.492 e. The van der Waals surface area contributed by atoms with Crippen LogP contribution in [0.15, 0.2) is 53.4 Å². The molecule has 0 aliphatic carbocycles. The Morgan fingerprint density at radius 3 is 2.14 bits per heavy atom. The quantitative estimate of drug-likeness (QED) is 0.147. The van der Waals surface area contributed by atoms with E-state index in [2.05, 4.69) is 10.6 Å². The number of nitrogens with two attached hydrogens (primary N) is 3.